The van der Waals surface area contributed by atoms with Crippen molar-refractivity contribution in [2.24, 2.45) is 0 Å². The molecule has 0 aliphatic carbocycles. The number of hydrogen-bond acceptors (Lipinski definition) is 2. The van der Waals surface area contributed by atoms with E-state index in [2.05, 4.69) is 48.0 Å². The Morgan fingerprint density at radius 1 is 0.938 bits per heavy atom. The van der Waals surface area contributed by atoms with Crippen LogP contribution in [0.2, 0.25) is 0 Å². The van der Waals surface area contributed by atoms with E-state index in [1.54, 1.807) is 0 Å². The van der Waals surface area contributed by atoms with Crippen LogP contribution in [0.15, 0.2) is 24.3 Å². The molecule has 0 bridgehead atoms. The molecule has 88 valence electrons. The quantitative estimate of drug-likeness (QED) is 0.765. The highest BCUT2D eigenvalue weighted by Gasteiger charge is 2.13. The maximum Gasteiger partial charge on any atom is 0.0234 e. The zero-order valence-corrected chi connectivity index (χ0v) is 10.4. The summed E-state index contributed by atoms with van der Waals surface area (Å²) in [6, 6.07) is 9.06. The Kier molecular flexibility index (Phi) is 3.97. The Bertz CT molecular complexity index is 310. The highest BCUT2D eigenvalue weighted by molar-refractivity contribution is 5.22. The van der Waals surface area contributed by atoms with Crippen LogP contribution in [0.25, 0.3) is 0 Å². The molecular weight excluding hydrogens is 196 g/mol. The minimum atomic E-state index is 1.11. The van der Waals surface area contributed by atoms with Crippen molar-refractivity contribution in [3.05, 3.63) is 35.4 Å². The summed E-state index contributed by atoms with van der Waals surface area (Å²) in [5.74, 6) is 0. The summed E-state index contributed by atoms with van der Waals surface area (Å²) in [6.07, 6.45) is 1.13. The molecular formula is C14H22N2. The first-order chi connectivity index (χ1) is 7.78. The van der Waals surface area contributed by atoms with Gasteiger partial charge in [0.25, 0.3) is 0 Å². The van der Waals surface area contributed by atoms with Gasteiger partial charge in [-0.1, -0.05) is 31.2 Å². The van der Waals surface area contributed by atoms with Crippen molar-refractivity contribution in [2.45, 2.75) is 19.9 Å². The SMILES string of the molecule is CCc1ccc(CN2CCN(C)CC2)cc1. The van der Waals surface area contributed by atoms with Crippen LogP contribution in [0.4, 0.5) is 0 Å². The summed E-state index contributed by atoms with van der Waals surface area (Å²) in [5, 5.41) is 0. The van der Waals surface area contributed by atoms with Crippen molar-refractivity contribution in [1.29, 1.82) is 0 Å². The van der Waals surface area contributed by atoms with Crippen molar-refractivity contribution in [3.8, 4) is 0 Å². The second kappa shape index (κ2) is 5.46. The summed E-state index contributed by atoms with van der Waals surface area (Å²) < 4.78 is 0. The monoisotopic (exact) mass is 218 g/mol. The minimum Gasteiger partial charge on any atom is -0.304 e. The molecule has 0 atom stereocenters. The van der Waals surface area contributed by atoms with Gasteiger partial charge in [-0.3, -0.25) is 4.90 Å². The molecule has 1 aromatic carbocycles. The predicted octanol–water partition coefficient (Wildman–Crippen LogP) is 2.00. The van der Waals surface area contributed by atoms with Gasteiger partial charge >= 0.3 is 0 Å². The van der Waals surface area contributed by atoms with Gasteiger partial charge in [-0.2, -0.15) is 0 Å². The number of benzene rings is 1. The molecule has 0 aromatic heterocycles. The van der Waals surface area contributed by atoms with Gasteiger partial charge < -0.3 is 4.90 Å². The van der Waals surface area contributed by atoms with Crippen LogP contribution < -0.4 is 0 Å². The number of likely N-dealkylation sites (N-methyl/N-ethyl adjacent to an activating group) is 1. The van der Waals surface area contributed by atoms with Crippen LogP contribution in [-0.4, -0.2) is 43.0 Å². The van der Waals surface area contributed by atoms with Gasteiger partial charge in [0.2, 0.25) is 0 Å². The maximum atomic E-state index is 2.54. The van der Waals surface area contributed by atoms with E-state index in [1.807, 2.05) is 0 Å². The van der Waals surface area contributed by atoms with Gasteiger partial charge in [-0.05, 0) is 24.6 Å². The fraction of sp³-hybridized carbons (Fsp3) is 0.571. The van der Waals surface area contributed by atoms with E-state index in [1.165, 1.54) is 37.3 Å². The van der Waals surface area contributed by atoms with Crippen LogP contribution in [-0.2, 0) is 13.0 Å². The molecule has 1 fully saturated rings. The average molecular weight is 218 g/mol. The van der Waals surface area contributed by atoms with E-state index >= 15 is 0 Å². The van der Waals surface area contributed by atoms with Crippen molar-refractivity contribution < 1.29 is 0 Å². The van der Waals surface area contributed by atoms with E-state index in [-0.39, 0.29) is 0 Å². The lowest BCUT2D eigenvalue weighted by atomic mass is 10.1. The molecule has 1 saturated heterocycles. The standard InChI is InChI=1S/C14H22N2/c1-3-13-4-6-14(7-5-13)12-16-10-8-15(2)9-11-16/h4-7H,3,8-12H2,1-2H3. The predicted molar refractivity (Wildman–Crippen MR) is 68.6 cm³/mol. The van der Waals surface area contributed by atoms with Gasteiger partial charge in [0.05, 0.1) is 0 Å². The third kappa shape index (κ3) is 3.06. The fourth-order valence-corrected chi connectivity index (χ4v) is 2.14. The summed E-state index contributed by atoms with van der Waals surface area (Å²) in [5.41, 5.74) is 2.88. The molecule has 16 heavy (non-hydrogen) atoms. The third-order valence-electron chi connectivity index (χ3n) is 3.43. The molecule has 2 rings (SSSR count). The van der Waals surface area contributed by atoms with Crippen LogP contribution in [0.1, 0.15) is 18.1 Å². The molecule has 0 N–H and O–H groups in total. The highest BCUT2D eigenvalue weighted by Crippen LogP contribution is 2.09. The fourth-order valence-electron chi connectivity index (χ4n) is 2.14. The van der Waals surface area contributed by atoms with Crippen LogP contribution in [0.3, 0.4) is 0 Å². The number of aryl methyl sites for hydroxylation is 1. The molecule has 1 aromatic rings. The van der Waals surface area contributed by atoms with Gasteiger partial charge in [0.15, 0.2) is 0 Å². The zero-order chi connectivity index (χ0) is 11.4. The van der Waals surface area contributed by atoms with E-state index in [9.17, 15) is 0 Å². The Morgan fingerprint density at radius 3 is 2.06 bits per heavy atom. The molecule has 2 nitrogen and oxygen atoms in total. The molecule has 0 spiro atoms. The first-order valence-corrected chi connectivity index (χ1v) is 6.26. The van der Waals surface area contributed by atoms with E-state index in [0.717, 1.165) is 13.0 Å². The Labute approximate surface area is 98.9 Å². The normalized spacial score (nSPS) is 18.9. The summed E-state index contributed by atoms with van der Waals surface area (Å²) >= 11 is 0. The van der Waals surface area contributed by atoms with Gasteiger partial charge in [0, 0.05) is 32.7 Å². The van der Waals surface area contributed by atoms with Crippen LogP contribution >= 0.6 is 0 Å². The molecule has 0 unspecified atom stereocenters. The first kappa shape index (κ1) is 11.6. The topological polar surface area (TPSA) is 6.48 Å². The molecule has 1 aliphatic rings. The molecule has 1 aliphatic heterocycles. The number of nitrogens with zero attached hydrogens (tertiary/aromatic N) is 2. The number of rotatable bonds is 3. The van der Waals surface area contributed by atoms with E-state index in [4.69, 9.17) is 0 Å². The van der Waals surface area contributed by atoms with Crippen molar-refractivity contribution in [3.63, 3.8) is 0 Å². The summed E-state index contributed by atoms with van der Waals surface area (Å²) in [7, 11) is 2.20. The smallest absolute Gasteiger partial charge is 0.0234 e. The molecule has 1 heterocycles. The highest BCUT2D eigenvalue weighted by atomic mass is 15.2. The Balaban J connectivity index is 1.88. The Morgan fingerprint density at radius 2 is 1.50 bits per heavy atom. The van der Waals surface area contributed by atoms with Crippen LogP contribution in [0.5, 0.6) is 0 Å². The van der Waals surface area contributed by atoms with Crippen molar-refractivity contribution >= 4 is 0 Å². The lowest BCUT2D eigenvalue weighted by Crippen LogP contribution is -2.43. The maximum absolute atomic E-state index is 2.54. The Hall–Kier alpha value is -0.860. The lowest BCUT2D eigenvalue weighted by Gasteiger charge is -2.32. The first-order valence-electron chi connectivity index (χ1n) is 6.26. The van der Waals surface area contributed by atoms with E-state index < -0.39 is 0 Å². The minimum absolute atomic E-state index is 1.11. The van der Waals surface area contributed by atoms with E-state index in [0.29, 0.717) is 0 Å². The summed E-state index contributed by atoms with van der Waals surface area (Å²) in [4.78, 5) is 4.94. The molecule has 0 radical (unpaired) electrons. The second-order valence-electron chi connectivity index (χ2n) is 4.75. The zero-order valence-electron chi connectivity index (χ0n) is 10.4. The van der Waals surface area contributed by atoms with Crippen molar-refractivity contribution in [2.75, 3.05) is 33.2 Å². The van der Waals surface area contributed by atoms with Crippen LogP contribution in [0, 0.1) is 0 Å². The number of piperazine rings is 1. The number of hydrogen-bond donors (Lipinski definition) is 0. The second-order valence-corrected chi connectivity index (χ2v) is 4.75. The molecule has 0 saturated carbocycles. The molecule has 2 heteroatoms. The third-order valence-corrected chi connectivity index (χ3v) is 3.43. The van der Waals surface area contributed by atoms with Gasteiger partial charge in [-0.25, -0.2) is 0 Å². The molecule has 0 amide bonds. The lowest BCUT2D eigenvalue weighted by molar-refractivity contribution is 0.148. The largest absolute Gasteiger partial charge is 0.304 e. The average Bonchev–Trinajstić information content (AvgIpc) is 2.33. The summed E-state index contributed by atoms with van der Waals surface area (Å²) in [6.45, 7) is 8.12. The van der Waals surface area contributed by atoms with Gasteiger partial charge in [-0.15, -0.1) is 0 Å². The van der Waals surface area contributed by atoms with Gasteiger partial charge in [0.1, 0.15) is 0 Å². The van der Waals surface area contributed by atoms with Crippen molar-refractivity contribution in [1.82, 2.24) is 9.80 Å².